The molecule has 16 heavy (non-hydrogen) atoms. The van der Waals surface area contributed by atoms with E-state index in [2.05, 4.69) is 36.1 Å². The Balaban J connectivity index is 1.79. The summed E-state index contributed by atoms with van der Waals surface area (Å²) in [5.74, 6) is -0.331. The van der Waals surface area contributed by atoms with Crippen LogP contribution in [-0.4, -0.2) is 29.1 Å². The summed E-state index contributed by atoms with van der Waals surface area (Å²) in [7, 11) is 0. The minimum Gasteiger partial charge on any atom is -0.481 e. The van der Waals surface area contributed by atoms with Crippen molar-refractivity contribution in [1.82, 2.24) is 4.90 Å². The van der Waals surface area contributed by atoms with Crippen LogP contribution in [0.2, 0.25) is 0 Å². The zero-order valence-electron chi connectivity index (χ0n) is 9.52. The molecule has 1 fully saturated rings. The number of carbonyl (C=O) groups is 1. The van der Waals surface area contributed by atoms with E-state index in [0.29, 0.717) is 12.3 Å². The SMILES string of the molecule is Cc1cccc(CN2CC(CC(=O)O)C2)c1. The fourth-order valence-corrected chi connectivity index (χ4v) is 2.25. The lowest BCUT2D eigenvalue weighted by Gasteiger charge is -2.38. The van der Waals surface area contributed by atoms with Crippen molar-refractivity contribution < 1.29 is 9.90 Å². The summed E-state index contributed by atoms with van der Waals surface area (Å²) in [6.07, 6.45) is 0.310. The molecule has 0 saturated carbocycles. The van der Waals surface area contributed by atoms with Crippen LogP contribution < -0.4 is 0 Å². The van der Waals surface area contributed by atoms with Gasteiger partial charge < -0.3 is 5.11 Å². The van der Waals surface area contributed by atoms with Crippen LogP contribution in [0.15, 0.2) is 24.3 Å². The topological polar surface area (TPSA) is 40.5 Å². The third-order valence-electron chi connectivity index (χ3n) is 2.98. The minimum atomic E-state index is -0.680. The Kier molecular flexibility index (Phi) is 3.25. The maximum atomic E-state index is 10.5. The van der Waals surface area contributed by atoms with Crippen LogP contribution in [0.3, 0.4) is 0 Å². The van der Waals surface area contributed by atoms with E-state index < -0.39 is 5.97 Å². The minimum absolute atomic E-state index is 0.310. The van der Waals surface area contributed by atoms with Gasteiger partial charge in [0.25, 0.3) is 0 Å². The van der Waals surface area contributed by atoms with Gasteiger partial charge in [0.2, 0.25) is 0 Å². The predicted molar refractivity (Wildman–Crippen MR) is 62.2 cm³/mol. The standard InChI is InChI=1S/C13H17NO2/c1-10-3-2-4-11(5-10)7-14-8-12(9-14)6-13(15)16/h2-5,12H,6-9H2,1H3,(H,15,16). The van der Waals surface area contributed by atoms with Crippen molar-refractivity contribution >= 4 is 5.97 Å². The van der Waals surface area contributed by atoms with E-state index in [9.17, 15) is 4.79 Å². The highest BCUT2D eigenvalue weighted by Crippen LogP contribution is 2.21. The van der Waals surface area contributed by atoms with Crippen molar-refractivity contribution in [2.75, 3.05) is 13.1 Å². The highest BCUT2D eigenvalue weighted by Gasteiger charge is 2.28. The summed E-state index contributed by atoms with van der Waals surface area (Å²) in [6, 6.07) is 8.47. The lowest BCUT2D eigenvalue weighted by Crippen LogP contribution is -2.46. The van der Waals surface area contributed by atoms with Crippen molar-refractivity contribution in [3.05, 3.63) is 35.4 Å². The average molecular weight is 219 g/mol. The highest BCUT2D eigenvalue weighted by atomic mass is 16.4. The van der Waals surface area contributed by atoms with Gasteiger partial charge in [-0.15, -0.1) is 0 Å². The van der Waals surface area contributed by atoms with Crippen LogP contribution in [0.4, 0.5) is 0 Å². The Hall–Kier alpha value is -1.35. The zero-order valence-corrected chi connectivity index (χ0v) is 9.52. The number of carboxylic acids is 1. The van der Waals surface area contributed by atoms with E-state index in [4.69, 9.17) is 5.11 Å². The Morgan fingerprint density at radius 3 is 2.88 bits per heavy atom. The maximum absolute atomic E-state index is 10.5. The molecule has 0 aromatic heterocycles. The molecule has 0 atom stereocenters. The Morgan fingerprint density at radius 2 is 2.25 bits per heavy atom. The van der Waals surface area contributed by atoms with E-state index in [1.807, 2.05) is 0 Å². The Bertz CT molecular complexity index is 383. The fraction of sp³-hybridized carbons (Fsp3) is 0.462. The first kappa shape index (κ1) is 11.1. The summed E-state index contributed by atoms with van der Waals surface area (Å²) in [4.78, 5) is 12.8. The quantitative estimate of drug-likeness (QED) is 0.840. The highest BCUT2D eigenvalue weighted by molar-refractivity contribution is 5.67. The molecule has 1 aliphatic rings. The van der Waals surface area contributed by atoms with E-state index in [0.717, 1.165) is 19.6 Å². The van der Waals surface area contributed by atoms with Gasteiger partial charge in [-0.25, -0.2) is 0 Å². The van der Waals surface area contributed by atoms with E-state index >= 15 is 0 Å². The van der Waals surface area contributed by atoms with Gasteiger partial charge in [-0.3, -0.25) is 9.69 Å². The second kappa shape index (κ2) is 4.66. The molecular weight excluding hydrogens is 202 g/mol. The molecule has 0 aliphatic carbocycles. The van der Waals surface area contributed by atoms with Crippen LogP contribution in [0.5, 0.6) is 0 Å². The second-order valence-corrected chi connectivity index (χ2v) is 4.65. The molecule has 3 nitrogen and oxygen atoms in total. The maximum Gasteiger partial charge on any atom is 0.303 e. The molecule has 0 amide bonds. The molecule has 1 aromatic carbocycles. The van der Waals surface area contributed by atoms with Crippen molar-refractivity contribution in [1.29, 1.82) is 0 Å². The number of aliphatic carboxylic acids is 1. The number of aryl methyl sites for hydroxylation is 1. The van der Waals surface area contributed by atoms with Gasteiger partial charge >= 0.3 is 5.97 Å². The fourth-order valence-electron chi connectivity index (χ4n) is 2.25. The van der Waals surface area contributed by atoms with Crippen LogP contribution >= 0.6 is 0 Å². The largest absolute Gasteiger partial charge is 0.481 e. The summed E-state index contributed by atoms with van der Waals surface area (Å²) < 4.78 is 0. The number of carboxylic acid groups (broad SMARTS) is 1. The number of rotatable bonds is 4. The smallest absolute Gasteiger partial charge is 0.303 e. The number of benzene rings is 1. The van der Waals surface area contributed by atoms with Crippen molar-refractivity contribution in [2.45, 2.75) is 19.9 Å². The van der Waals surface area contributed by atoms with E-state index in [-0.39, 0.29) is 0 Å². The van der Waals surface area contributed by atoms with Crippen molar-refractivity contribution in [2.24, 2.45) is 5.92 Å². The summed E-state index contributed by atoms with van der Waals surface area (Å²) >= 11 is 0. The van der Waals surface area contributed by atoms with Gasteiger partial charge in [-0.05, 0) is 18.4 Å². The Morgan fingerprint density at radius 1 is 1.50 bits per heavy atom. The molecule has 0 spiro atoms. The average Bonchev–Trinajstić information content (AvgIpc) is 2.14. The third kappa shape index (κ3) is 2.83. The number of likely N-dealkylation sites (tertiary alicyclic amines) is 1. The molecule has 0 unspecified atom stereocenters. The van der Waals surface area contributed by atoms with E-state index in [1.54, 1.807) is 0 Å². The lowest BCUT2D eigenvalue weighted by molar-refractivity contribution is -0.139. The zero-order chi connectivity index (χ0) is 11.5. The van der Waals surface area contributed by atoms with E-state index in [1.165, 1.54) is 11.1 Å². The number of hydrogen-bond acceptors (Lipinski definition) is 2. The van der Waals surface area contributed by atoms with Crippen molar-refractivity contribution in [3.8, 4) is 0 Å². The molecule has 86 valence electrons. The van der Waals surface area contributed by atoms with Crippen LogP contribution in [-0.2, 0) is 11.3 Å². The molecule has 1 aliphatic heterocycles. The van der Waals surface area contributed by atoms with Crippen molar-refractivity contribution in [3.63, 3.8) is 0 Å². The number of nitrogens with zero attached hydrogens (tertiary/aromatic N) is 1. The molecule has 3 heteroatoms. The molecule has 1 N–H and O–H groups in total. The van der Waals surface area contributed by atoms with Gasteiger partial charge in [0.1, 0.15) is 0 Å². The van der Waals surface area contributed by atoms with Gasteiger partial charge in [-0.1, -0.05) is 29.8 Å². The molecule has 1 saturated heterocycles. The first-order valence-corrected chi connectivity index (χ1v) is 5.63. The molecule has 1 heterocycles. The second-order valence-electron chi connectivity index (χ2n) is 4.65. The molecule has 0 radical (unpaired) electrons. The molecule has 0 bridgehead atoms. The van der Waals surface area contributed by atoms with Gasteiger partial charge in [0.05, 0.1) is 6.42 Å². The summed E-state index contributed by atoms with van der Waals surface area (Å²) in [5.41, 5.74) is 2.59. The summed E-state index contributed by atoms with van der Waals surface area (Å²) in [6.45, 7) is 4.87. The molecular formula is C13H17NO2. The lowest BCUT2D eigenvalue weighted by atomic mass is 9.95. The van der Waals surface area contributed by atoms with Crippen LogP contribution in [0.25, 0.3) is 0 Å². The Labute approximate surface area is 95.7 Å². The molecule has 2 rings (SSSR count). The van der Waals surface area contributed by atoms with Gasteiger partial charge in [-0.2, -0.15) is 0 Å². The summed E-state index contributed by atoms with van der Waals surface area (Å²) in [5, 5.41) is 8.64. The van der Waals surface area contributed by atoms with Crippen LogP contribution in [0.1, 0.15) is 17.5 Å². The monoisotopic (exact) mass is 219 g/mol. The first-order chi connectivity index (χ1) is 7.63. The third-order valence-corrected chi connectivity index (χ3v) is 2.98. The van der Waals surface area contributed by atoms with Gasteiger partial charge in [0, 0.05) is 19.6 Å². The normalized spacial score (nSPS) is 17.1. The van der Waals surface area contributed by atoms with Gasteiger partial charge in [0.15, 0.2) is 0 Å². The molecule has 1 aromatic rings. The number of hydrogen-bond donors (Lipinski definition) is 1. The predicted octanol–water partition coefficient (Wildman–Crippen LogP) is 1.90. The van der Waals surface area contributed by atoms with Crippen LogP contribution in [0, 0.1) is 12.8 Å². The first-order valence-electron chi connectivity index (χ1n) is 5.63.